The summed E-state index contributed by atoms with van der Waals surface area (Å²) in [6.45, 7) is -0.155. The van der Waals surface area contributed by atoms with Crippen LogP contribution in [0.15, 0.2) is 0 Å². The maximum atomic E-state index is 9.56. The Morgan fingerprint density at radius 3 is 2.27 bits per heavy atom. The zero-order valence-electron chi connectivity index (χ0n) is 8.84. The Bertz CT molecular complexity index is 175. The van der Waals surface area contributed by atoms with Crippen molar-refractivity contribution in [3.05, 3.63) is 0 Å². The summed E-state index contributed by atoms with van der Waals surface area (Å²) in [6.07, 6.45) is 1.64. The topological polar surface area (TPSA) is 93.0 Å². The molecule has 0 heterocycles. The van der Waals surface area contributed by atoms with Crippen molar-refractivity contribution in [3.8, 4) is 0 Å². The first kappa shape index (κ1) is 12.9. The number of aliphatic hydroxyl groups is 4. The van der Waals surface area contributed by atoms with Gasteiger partial charge in [-0.2, -0.15) is 0 Å². The highest BCUT2D eigenvalue weighted by Gasteiger charge is 2.28. The Labute approximate surface area is 89.7 Å². The molecule has 0 amide bonds. The molecule has 5 nitrogen and oxygen atoms in total. The van der Waals surface area contributed by atoms with E-state index in [4.69, 9.17) is 15.3 Å². The second kappa shape index (κ2) is 6.40. The van der Waals surface area contributed by atoms with Gasteiger partial charge in [-0.25, -0.2) is 0 Å². The molecular weight excluding hydrogens is 198 g/mol. The summed E-state index contributed by atoms with van der Waals surface area (Å²) in [6, 6.07) is -0.269. The minimum Gasteiger partial charge on any atom is -0.396 e. The van der Waals surface area contributed by atoms with Crippen LogP contribution in [0.5, 0.6) is 0 Å². The van der Waals surface area contributed by atoms with Gasteiger partial charge in [0.15, 0.2) is 0 Å². The highest BCUT2D eigenvalue weighted by atomic mass is 16.3. The van der Waals surface area contributed by atoms with Gasteiger partial charge in [0, 0.05) is 12.6 Å². The van der Waals surface area contributed by atoms with Gasteiger partial charge >= 0.3 is 0 Å². The fourth-order valence-corrected chi connectivity index (χ4v) is 2.19. The van der Waals surface area contributed by atoms with Crippen molar-refractivity contribution in [2.75, 3.05) is 19.8 Å². The molecule has 1 aliphatic carbocycles. The predicted molar refractivity (Wildman–Crippen MR) is 55.3 cm³/mol. The molecular formula is C10H21NO4. The van der Waals surface area contributed by atoms with Crippen LogP contribution in [0.2, 0.25) is 0 Å². The maximum absolute atomic E-state index is 9.56. The minimum atomic E-state index is -0.397. The predicted octanol–water partition coefficient (Wildman–Crippen LogP) is -1.55. The van der Waals surface area contributed by atoms with Crippen molar-refractivity contribution >= 4 is 0 Å². The fourth-order valence-electron chi connectivity index (χ4n) is 2.19. The van der Waals surface area contributed by atoms with Gasteiger partial charge in [0.1, 0.15) is 0 Å². The average molecular weight is 219 g/mol. The molecule has 1 unspecified atom stereocenters. The van der Waals surface area contributed by atoms with Gasteiger partial charge in [0.05, 0.1) is 25.4 Å². The molecule has 1 aliphatic rings. The Morgan fingerprint density at radius 1 is 1.07 bits per heavy atom. The van der Waals surface area contributed by atoms with Crippen LogP contribution >= 0.6 is 0 Å². The Hall–Kier alpha value is -0.200. The number of aliphatic hydroxyl groups excluding tert-OH is 4. The molecule has 0 aromatic heterocycles. The molecule has 1 fully saturated rings. The zero-order chi connectivity index (χ0) is 11.3. The third-order valence-electron chi connectivity index (χ3n) is 2.95. The van der Waals surface area contributed by atoms with Crippen LogP contribution in [0, 0.1) is 5.92 Å². The second-order valence-corrected chi connectivity index (χ2v) is 4.34. The Balaban J connectivity index is 2.39. The molecule has 0 bridgehead atoms. The lowest BCUT2D eigenvalue weighted by atomic mass is 9.84. The van der Waals surface area contributed by atoms with E-state index in [1.807, 2.05) is 0 Å². The summed E-state index contributed by atoms with van der Waals surface area (Å²) < 4.78 is 0. The molecule has 0 aliphatic heterocycles. The first-order valence-corrected chi connectivity index (χ1v) is 5.46. The molecule has 0 saturated heterocycles. The maximum Gasteiger partial charge on any atom is 0.0607 e. The second-order valence-electron chi connectivity index (χ2n) is 4.34. The van der Waals surface area contributed by atoms with Crippen molar-refractivity contribution < 1.29 is 20.4 Å². The first-order valence-electron chi connectivity index (χ1n) is 5.46. The lowest BCUT2D eigenvalue weighted by Crippen LogP contribution is -2.47. The van der Waals surface area contributed by atoms with Crippen molar-refractivity contribution in [1.29, 1.82) is 0 Å². The largest absolute Gasteiger partial charge is 0.396 e. The smallest absolute Gasteiger partial charge is 0.0607 e. The summed E-state index contributed by atoms with van der Waals surface area (Å²) in [7, 11) is 0. The van der Waals surface area contributed by atoms with E-state index in [1.54, 1.807) is 0 Å². The van der Waals surface area contributed by atoms with E-state index < -0.39 is 6.10 Å². The molecule has 0 radical (unpaired) electrons. The summed E-state index contributed by atoms with van der Waals surface area (Å²) >= 11 is 0. The molecule has 3 atom stereocenters. The third kappa shape index (κ3) is 4.04. The summed E-state index contributed by atoms with van der Waals surface area (Å²) in [5.74, 6) is 0.115. The van der Waals surface area contributed by atoms with Crippen LogP contribution in [0.4, 0.5) is 0 Å². The van der Waals surface area contributed by atoms with E-state index in [9.17, 15) is 5.11 Å². The van der Waals surface area contributed by atoms with E-state index in [2.05, 4.69) is 5.32 Å². The monoisotopic (exact) mass is 219 g/mol. The standard InChI is InChI=1S/C10H21NO4/c12-4-7-1-8(3-10(15)2-7)11-9(5-13)6-14/h7-15H,1-6H2/t7?,8-,10-/m0/s1. The van der Waals surface area contributed by atoms with Crippen LogP contribution in [0.25, 0.3) is 0 Å². The first-order chi connectivity index (χ1) is 7.19. The van der Waals surface area contributed by atoms with Crippen molar-refractivity contribution in [2.24, 2.45) is 5.92 Å². The highest BCUT2D eigenvalue weighted by molar-refractivity contribution is 4.84. The molecule has 5 N–H and O–H groups in total. The van der Waals surface area contributed by atoms with Crippen LogP contribution in [-0.4, -0.2) is 58.4 Å². The molecule has 1 rings (SSSR count). The van der Waals surface area contributed by atoms with E-state index in [-0.39, 0.29) is 37.8 Å². The van der Waals surface area contributed by atoms with Gasteiger partial charge in [-0.3, -0.25) is 0 Å². The van der Waals surface area contributed by atoms with Gasteiger partial charge in [-0.1, -0.05) is 0 Å². The molecule has 15 heavy (non-hydrogen) atoms. The zero-order valence-corrected chi connectivity index (χ0v) is 8.84. The summed E-state index contributed by atoms with van der Waals surface area (Å²) in [4.78, 5) is 0. The van der Waals surface area contributed by atoms with E-state index in [1.165, 1.54) is 0 Å². The Kier molecular flexibility index (Phi) is 5.49. The quantitative estimate of drug-likeness (QED) is 0.386. The fraction of sp³-hybridized carbons (Fsp3) is 1.00. The Morgan fingerprint density at radius 2 is 1.73 bits per heavy atom. The molecule has 0 aromatic carbocycles. The van der Waals surface area contributed by atoms with Crippen LogP contribution in [-0.2, 0) is 0 Å². The lowest BCUT2D eigenvalue weighted by Gasteiger charge is -2.34. The number of hydrogen-bond donors (Lipinski definition) is 5. The van der Waals surface area contributed by atoms with Gasteiger partial charge < -0.3 is 25.7 Å². The third-order valence-corrected chi connectivity index (χ3v) is 2.95. The summed E-state index contributed by atoms with van der Waals surface area (Å²) in [5.41, 5.74) is 0. The van der Waals surface area contributed by atoms with Gasteiger partial charge in [0.25, 0.3) is 0 Å². The number of rotatable bonds is 5. The van der Waals surface area contributed by atoms with E-state index >= 15 is 0 Å². The molecule has 1 saturated carbocycles. The SMILES string of the molecule is OCC1C[C@H](O)C[C@@H](NC(CO)CO)C1. The molecule has 0 aromatic rings. The number of hydrogen-bond acceptors (Lipinski definition) is 5. The number of nitrogens with one attached hydrogen (secondary N) is 1. The van der Waals surface area contributed by atoms with Crippen LogP contribution < -0.4 is 5.32 Å². The minimum absolute atomic E-state index is 0.0650. The van der Waals surface area contributed by atoms with Crippen molar-refractivity contribution in [2.45, 2.75) is 37.5 Å². The molecule has 0 spiro atoms. The van der Waals surface area contributed by atoms with Gasteiger partial charge in [-0.15, -0.1) is 0 Å². The average Bonchev–Trinajstić information content (AvgIpc) is 2.25. The van der Waals surface area contributed by atoms with Gasteiger partial charge in [0.2, 0.25) is 0 Å². The molecule has 5 heteroatoms. The van der Waals surface area contributed by atoms with Crippen LogP contribution in [0.1, 0.15) is 19.3 Å². The normalized spacial score (nSPS) is 32.2. The van der Waals surface area contributed by atoms with Crippen molar-refractivity contribution in [1.82, 2.24) is 5.32 Å². The molecule has 90 valence electrons. The lowest BCUT2D eigenvalue weighted by molar-refractivity contribution is 0.0490. The van der Waals surface area contributed by atoms with E-state index in [0.717, 1.165) is 6.42 Å². The van der Waals surface area contributed by atoms with Gasteiger partial charge in [-0.05, 0) is 25.2 Å². The van der Waals surface area contributed by atoms with E-state index in [0.29, 0.717) is 12.8 Å². The van der Waals surface area contributed by atoms with Crippen LogP contribution in [0.3, 0.4) is 0 Å². The van der Waals surface area contributed by atoms with Crippen molar-refractivity contribution in [3.63, 3.8) is 0 Å². The highest BCUT2D eigenvalue weighted by Crippen LogP contribution is 2.24. The summed E-state index contributed by atoms with van der Waals surface area (Å²) in [5, 5.41) is 39.5.